The molecule has 1 aliphatic heterocycles. The normalized spacial score (nSPS) is 26.9. The molecule has 2 rings (SSSR count). The highest BCUT2D eigenvalue weighted by Crippen LogP contribution is 2.34. The van der Waals surface area contributed by atoms with Crippen LogP contribution in [-0.2, 0) is 9.53 Å². The molecular formula is C9H14O2. The lowest BCUT2D eigenvalue weighted by atomic mass is 9.93. The van der Waals surface area contributed by atoms with Gasteiger partial charge in [0.15, 0.2) is 0 Å². The zero-order valence-corrected chi connectivity index (χ0v) is 6.71. The van der Waals surface area contributed by atoms with Gasteiger partial charge in [0.2, 0.25) is 0 Å². The number of hydrogen-bond donors (Lipinski definition) is 0. The average molecular weight is 154 g/mol. The van der Waals surface area contributed by atoms with Gasteiger partial charge in [-0.25, -0.2) is 0 Å². The highest BCUT2D eigenvalue weighted by Gasteiger charge is 2.34. The molecule has 2 heteroatoms. The summed E-state index contributed by atoms with van der Waals surface area (Å²) in [6.45, 7) is 1.59. The van der Waals surface area contributed by atoms with Crippen molar-refractivity contribution in [3.8, 4) is 0 Å². The Hall–Kier alpha value is -0.370. The van der Waals surface area contributed by atoms with Crippen LogP contribution >= 0.6 is 0 Å². The summed E-state index contributed by atoms with van der Waals surface area (Å²) in [4.78, 5) is 11.5. The third-order valence-electron chi connectivity index (χ3n) is 2.60. The molecule has 1 heterocycles. The monoisotopic (exact) mass is 154 g/mol. The number of Topliss-reactive ketones (excluding diaryl/α,β-unsaturated/α-hetero) is 1. The number of rotatable bonds is 2. The molecule has 1 saturated heterocycles. The predicted molar refractivity (Wildman–Crippen MR) is 41.3 cm³/mol. The molecule has 11 heavy (non-hydrogen) atoms. The van der Waals surface area contributed by atoms with Crippen molar-refractivity contribution in [3.63, 3.8) is 0 Å². The van der Waals surface area contributed by atoms with Crippen molar-refractivity contribution in [1.29, 1.82) is 0 Å². The van der Waals surface area contributed by atoms with E-state index in [1.807, 2.05) is 0 Å². The fourth-order valence-electron chi connectivity index (χ4n) is 1.68. The summed E-state index contributed by atoms with van der Waals surface area (Å²) in [5.74, 6) is 1.31. The molecule has 62 valence electrons. The summed E-state index contributed by atoms with van der Waals surface area (Å²) in [6.07, 6.45) is 4.23. The second kappa shape index (κ2) is 2.94. The van der Waals surface area contributed by atoms with E-state index in [1.165, 1.54) is 0 Å². The third kappa shape index (κ3) is 1.62. The highest BCUT2D eigenvalue weighted by atomic mass is 16.5. The van der Waals surface area contributed by atoms with Crippen molar-refractivity contribution >= 4 is 5.78 Å². The second-order valence-electron chi connectivity index (χ2n) is 3.56. The summed E-state index contributed by atoms with van der Waals surface area (Å²) in [6, 6.07) is 0. The Morgan fingerprint density at radius 1 is 1.00 bits per heavy atom. The van der Waals surface area contributed by atoms with Crippen LogP contribution in [0.1, 0.15) is 25.7 Å². The van der Waals surface area contributed by atoms with Gasteiger partial charge in [-0.05, 0) is 25.7 Å². The molecule has 0 N–H and O–H groups in total. The van der Waals surface area contributed by atoms with Crippen LogP contribution in [0.3, 0.4) is 0 Å². The minimum atomic E-state index is 0.344. The molecule has 0 bridgehead atoms. The van der Waals surface area contributed by atoms with Gasteiger partial charge in [0, 0.05) is 25.0 Å². The van der Waals surface area contributed by atoms with E-state index >= 15 is 0 Å². The topological polar surface area (TPSA) is 26.3 Å². The largest absolute Gasteiger partial charge is 0.381 e. The predicted octanol–water partition coefficient (Wildman–Crippen LogP) is 1.39. The van der Waals surface area contributed by atoms with Crippen molar-refractivity contribution < 1.29 is 9.53 Å². The molecule has 0 aromatic carbocycles. The Labute approximate surface area is 66.9 Å². The SMILES string of the molecule is O=C(C1CCOCC1)C1CC1. The van der Waals surface area contributed by atoms with E-state index in [-0.39, 0.29) is 0 Å². The molecule has 0 spiro atoms. The Morgan fingerprint density at radius 3 is 2.09 bits per heavy atom. The first-order chi connectivity index (χ1) is 5.38. The molecule has 0 aromatic rings. The number of hydrogen-bond acceptors (Lipinski definition) is 2. The molecule has 2 fully saturated rings. The van der Waals surface area contributed by atoms with Crippen LogP contribution in [0.5, 0.6) is 0 Å². The highest BCUT2D eigenvalue weighted by molar-refractivity contribution is 5.85. The number of carbonyl (C=O) groups is 1. The zero-order valence-electron chi connectivity index (χ0n) is 6.71. The average Bonchev–Trinajstić information content (AvgIpc) is 2.87. The zero-order chi connectivity index (χ0) is 7.68. The van der Waals surface area contributed by atoms with Crippen molar-refractivity contribution in [2.75, 3.05) is 13.2 Å². The maximum absolute atomic E-state index is 11.5. The number of ether oxygens (including phenoxy) is 1. The molecule has 1 aliphatic carbocycles. The smallest absolute Gasteiger partial charge is 0.139 e. The standard InChI is InChI=1S/C9H14O2/c10-9(7-1-2-7)8-3-5-11-6-4-8/h7-8H,1-6H2. The van der Waals surface area contributed by atoms with E-state index in [2.05, 4.69) is 0 Å². The van der Waals surface area contributed by atoms with E-state index in [0.29, 0.717) is 17.6 Å². The Bertz CT molecular complexity index is 155. The molecule has 1 saturated carbocycles. The van der Waals surface area contributed by atoms with Crippen LogP contribution in [0.4, 0.5) is 0 Å². The van der Waals surface area contributed by atoms with Crippen molar-refractivity contribution in [1.82, 2.24) is 0 Å². The van der Waals surface area contributed by atoms with Gasteiger partial charge in [-0.3, -0.25) is 4.79 Å². The Kier molecular flexibility index (Phi) is 1.95. The second-order valence-corrected chi connectivity index (χ2v) is 3.56. The molecule has 0 aromatic heterocycles. The van der Waals surface area contributed by atoms with Crippen molar-refractivity contribution in [2.24, 2.45) is 11.8 Å². The van der Waals surface area contributed by atoms with Crippen LogP contribution < -0.4 is 0 Å². The lowest BCUT2D eigenvalue weighted by molar-refractivity contribution is -0.126. The first kappa shape index (κ1) is 7.29. The van der Waals surface area contributed by atoms with Gasteiger partial charge in [0.05, 0.1) is 0 Å². The number of carbonyl (C=O) groups excluding carboxylic acids is 1. The summed E-state index contributed by atoms with van der Waals surface area (Å²) in [5.41, 5.74) is 0. The van der Waals surface area contributed by atoms with Gasteiger partial charge >= 0.3 is 0 Å². The molecular weight excluding hydrogens is 140 g/mol. The molecule has 2 nitrogen and oxygen atoms in total. The van der Waals surface area contributed by atoms with E-state index in [1.54, 1.807) is 0 Å². The summed E-state index contributed by atoms with van der Waals surface area (Å²) in [7, 11) is 0. The van der Waals surface area contributed by atoms with E-state index in [9.17, 15) is 4.79 Å². The van der Waals surface area contributed by atoms with E-state index in [0.717, 1.165) is 38.9 Å². The molecule has 0 amide bonds. The first-order valence-electron chi connectivity index (χ1n) is 4.49. The maximum Gasteiger partial charge on any atom is 0.139 e. The van der Waals surface area contributed by atoms with E-state index < -0.39 is 0 Å². The van der Waals surface area contributed by atoms with Gasteiger partial charge in [-0.1, -0.05) is 0 Å². The Balaban J connectivity index is 1.86. The van der Waals surface area contributed by atoms with Crippen LogP contribution in [-0.4, -0.2) is 19.0 Å². The molecule has 2 aliphatic rings. The van der Waals surface area contributed by atoms with Crippen molar-refractivity contribution in [3.05, 3.63) is 0 Å². The summed E-state index contributed by atoms with van der Waals surface area (Å²) in [5, 5.41) is 0. The van der Waals surface area contributed by atoms with Gasteiger partial charge < -0.3 is 4.74 Å². The Morgan fingerprint density at radius 2 is 1.55 bits per heavy atom. The quantitative estimate of drug-likeness (QED) is 0.600. The lowest BCUT2D eigenvalue weighted by Gasteiger charge is -2.20. The number of ketones is 1. The van der Waals surface area contributed by atoms with Crippen molar-refractivity contribution in [2.45, 2.75) is 25.7 Å². The van der Waals surface area contributed by atoms with Gasteiger partial charge in [-0.2, -0.15) is 0 Å². The van der Waals surface area contributed by atoms with Crippen LogP contribution in [0.2, 0.25) is 0 Å². The lowest BCUT2D eigenvalue weighted by Crippen LogP contribution is -2.24. The summed E-state index contributed by atoms with van der Waals surface area (Å²) >= 11 is 0. The van der Waals surface area contributed by atoms with E-state index in [4.69, 9.17) is 4.74 Å². The van der Waals surface area contributed by atoms with Crippen LogP contribution in [0.15, 0.2) is 0 Å². The van der Waals surface area contributed by atoms with Gasteiger partial charge in [0.25, 0.3) is 0 Å². The van der Waals surface area contributed by atoms with Crippen LogP contribution in [0, 0.1) is 11.8 Å². The fourth-order valence-corrected chi connectivity index (χ4v) is 1.68. The molecule has 0 unspecified atom stereocenters. The van der Waals surface area contributed by atoms with Gasteiger partial charge in [-0.15, -0.1) is 0 Å². The first-order valence-corrected chi connectivity index (χ1v) is 4.49. The third-order valence-corrected chi connectivity index (χ3v) is 2.60. The summed E-state index contributed by atoms with van der Waals surface area (Å²) < 4.78 is 5.20. The minimum absolute atomic E-state index is 0.344. The van der Waals surface area contributed by atoms with Gasteiger partial charge in [0.1, 0.15) is 5.78 Å². The maximum atomic E-state index is 11.5. The van der Waals surface area contributed by atoms with Crippen LogP contribution in [0.25, 0.3) is 0 Å². The molecule has 0 atom stereocenters. The molecule has 0 radical (unpaired) electrons. The minimum Gasteiger partial charge on any atom is -0.381 e. The fraction of sp³-hybridized carbons (Fsp3) is 0.889.